The lowest BCUT2D eigenvalue weighted by Gasteiger charge is -2.10. The van der Waals surface area contributed by atoms with Gasteiger partial charge >= 0.3 is 0 Å². The Kier molecular flexibility index (Phi) is 4.45. The monoisotopic (exact) mass is 236 g/mol. The first kappa shape index (κ1) is 13.0. The summed E-state index contributed by atoms with van der Waals surface area (Å²) >= 11 is 0. The number of hydrogen-bond donors (Lipinski definition) is 3. The maximum atomic E-state index is 11.7. The van der Waals surface area contributed by atoms with Gasteiger partial charge in [0.2, 0.25) is 0 Å². The predicted molar refractivity (Wildman–Crippen MR) is 63.9 cm³/mol. The highest BCUT2D eigenvalue weighted by Crippen LogP contribution is 2.01. The molecule has 0 aliphatic carbocycles. The Balaban J connectivity index is 2.56. The second-order valence-electron chi connectivity index (χ2n) is 3.89. The number of pyridine rings is 1. The van der Waals surface area contributed by atoms with Crippen molar-refractivity contribution < 1.29 is 10.0 Å². The van der Waals surface area contributed by atoms with Gasteiger partial charge in [0.15, 0.2) is 0 Å². The Hall–Kier alpha value is -2.11. The van der Waals surface area contributed by atoms with Crippen LogP contribution >= 0.6 is 0 Å². The standard InChI is InChI=1S/C11H16N4O2/c1-7-3-9(6-13-4-7)11(16)14-5-8(2)10(12)15-17/h3-4,6,8,17H,5H2,1-2H3,(H2,12,15)(H,14,16). The first-order valence-corrected chi connectivity index (χ1v) is 5.22. The van der Waals surface area contributed by atoms with Crippen LogP contribution in [0.3, 0.4) is 0 Å². The van der Waals surface area contributed by atoms with E-state index < -0.39 is 0 Å². The van der Waals surface area contributed by atoms with E-state index in [9.17, 15) is 4.79 Å². The summed E-state index contributed by atoms with van der Waals surface area (Å²) < 4.78 is 0. The predicted octanol–water partition coefficient (Wildman–Crippen LogP) is 0.502. The number of hydrogen-bond acceptors (Lipinski definition) is 4. The van der Waals surface area contributed by atoms with Crippen LogP contribution in [-0.4, -0.2) is 28.5 Å². The van der Waals surface area contributed by atoms with E-state index >= 15 is 0 Å². The molecular formula is C11H16N4O2. The molecule has 0 saturated carbocycles. The van der Waals surface area contributed by atoms with Crippen LogP contribution in [0.5, 0.6) is 0 Å². The van der Waals surface area contributed by atoms with E-state index in [1.807, 2.05) is 6.92 Å². The molecule has 6 nitrogen and oxygen atoms in total. The summed E-state index contributed by atoms with van der Waals surface area (Å²) in [6, 6.07) is 1.75. The molecule has 0 bridgehead atoms. The topological polar surface area (TPSA) is 101 Å². The first-order chi connectivity index (χ1) is 8.04. The minimum absolute atomic E-state index is 0.0904. The summed E-state index contributed by atoms with van der Waals surface area (Å²) in [4.78, 5) is 15.7. The van der Waals surface area contributed by atoms with Crippen LogP contribution in [0.25, 0.3) is 0 Å². The summed E-state index contributed by atoms with van der Waals surface area (Å²) in [7, 11) is 0. The van der Waals surface area contributed by atoms with Gasteiger partial charge < -0.3 is 16.3 Å². The molecule has 1 aromatic heterocycles. The molecule has 17 heavy (non-hydrogen) atoms. The Labute approximate surface area is 99.5 Å². The fraction of sp³-hybridized carbons (Fsp3) is 0.364. The number of carbonyl (C=O) groups excluding carboxylic acids is 1. The van der Waals surface area contributed by atoms with Crippen LogP contribution in [0.4, 0.5) is 0 Å². The molecule has 0 spiro atoms. The van der Waals surface area contributed by atoms with Gasteiger partial charge in [-0.25, -0.2) is 0 Å². The fourth-order valence-electron chi connectivity index (χ4n) is 1.23. The zero-order chi connectivity index (χ0) is 12.8. The number of amidine groups is 1. The molecule has 6 heteroatoms. The number of nitrogens with one attached hydrogen (secondary N) is 1. The molecular weight excluding hydrogens is 220 g/mol. The Morgan fingerprint density at radius 3 is 2.94 bits per heavy atom. The van der Waals surface area contributed by atoms with Crippen molar-refractivity contribution in [1.29, 1.82) is 0 Å². The number of carbonyl (C=O) groups is 1. The van der Waals surface area contributed by atoms with Crippen molar-refractivity contribution in [2.24, 2.45) is 16.8 Å². The van der Waals surface area contributed by atoms with Gasteiger partial charge in [0.05, 0.1) is 5.56 Å². The summed E-state index contributed by atoms with van der Waals surface area (Å²) in [5.74, 6) is -0.354. The van der Waals surface area contributed by atoms with Gasteiger partial charge in [0.1, 0.15) is 5.84 Å². The normalized spacial score (nSPS) is 13.2. The number of amides is 1. The third kappa shape index (κ3) is 3.75. The zero-order valence-corrected chi connectivity index (χ0v) is 9.84. The maximum Gasteiger partial charge on any atom is 0.252 e. The zero-order valence-electron chi connectivity index (χ0n) is 9.84. The van der Waals surface area contributed by atoms with Crippen molar-refractivity contribution in [2.75, 3.05) is 6.54 Å². The number of aromatic nitrogens is 1. The van der Waals surface area contributed by atoms with Gasteiger partial charge in [-0.3, -0.25) is 9.78 Å². The van der Waals surface area contributed by atoms with E-state index in [0.29, 0.717) is 12.1 Å². The third-order valence-electron chi connectivity index (χ3n) is 2.33. The molecule has 1 atom stereocenters. The largest absolute Gasteiger partial charge is 0.409 e. The second kappa shape index (κ2) is 5.83. The van der Waals surface area contributed by atoms with E-state index in [1.54, 1.807) is 19.2 Å². The molecule has 1 unspecified atom stereocenters. The van der Waals surface area contributed by atoms with E-state index in [-0.39, 0.29) is 17.7 Å². The highest BCUT2D eigenvalue weighted by atomic mass is 16.4. The number of aryl methyl sites for hydroxylation is 1. The van der Waals surface area contributed by atoms with Gasteiger partial charge in [-0.15, -0.1) is 0 Å². The summed E-state index contributed by atoms with van der Waals surface area (Å²) in [6.45, 7) is 3.93. The molecule has 1 aromatic rings. The molecule has 1 heterocycles. The van der Waals surface area contributed by atoms with Crippen molar-refractivity contribution in [3.8, 4) is 0 Å². The molecule has 0 aliphatic rings. The van der Waals surface area contributed by atoms with E-state index in [2.05, 4.69) is 15.5 Å². The molecule has 0 aromatic carbocycles. The lowest BCUT2D eigenvalue weighted by molar-refractivity contribution is 0.0950. The summed E-state index contributed by atoms with van der Waals surface area (Å²) in [6.07, 6.45) is 3.17. The second-order valence-corrected chi connectivity index (χ2v) is 3.89. The van der Waals surface area contributed by atoms with Gasteiger partial charge in [-0.1, -0.05) is 12.1 Å². The van der Waals surface area contributed by atoms with Crippen molar-refractivity contribution in [2.45, 2.75) is 13.8 Å². The molecule has 0 radical (unpaired) electrons. The number of nitrogens with two attached hydrogens (primary N) is 1. The molecule has 92 valence electrons. The molecule has 0 saturated heterocycles. The molecule has 0 fully saturated rings. The Morgan fingerprint density at radius 2 is 2.35 bits per heavy atom. The fourth-order valence-corrected chi connectivity index (χ4v) is 1.23. The van der Waals surface area contributed by atoms with Gasteiger partial charge in [-0.2, -0.15) is 0 Å². The van der Waals surface area contributed by atoms with Crippen molar-refractivity contribution in [1.82, 2.24) is 10.3 Å². The van der Waals surface area contributed by atoms with Crippen LogP contribution in [0.15, 0.2) is 23.6 Å². The average Bonchev–Trinajstić information content (AvgIpc) is 2.34. The van der Waals surface area contributed by atoms with E-state index in [4.69, 9.17) is 10.9 Å². The van der Waals surface area contributed by atoms with Gasteiger partial charge in [0, 0.05) is 24.9 Å². The average molecular weight is 236 g/mol. The SMILES string of the molecule is Cc1cncc(C(=O)NCC(C)C(N)=NO)c1. The van der Waals surface area contributed by atoms with Gasteiger partial charge in [-0.05, 0) is 18.6 Å². The number of oxime groups is 1. The lowest BCUT2D eigenvalue weighted by atomic mass is 10.1. The smallest absolute Gasteiger partial charge is 0.252 e. The first-order valence-electron chi connectivity index (χ1n) is 5.22. The molecule has 1 rings (SSSR count). The molecule has 1 amide bonds. The van der Waals surface area contributed by atoms with E-state index in [0.717, 1.165) is 5.56 Å². The van der Waals surface area contributed by atoms with Crippen LogP contribution < -0.4 is 11.1 Å². The summed E-state index contributed by atoms with van der Waals surface area (Å²) in [5.41, 5.74) is 6.82. The van der Waals surface area contributed by atoms with Crippen LogP contribution in [-0.2, 0) is 0 Å². The quantitative estimate of drug-likeness (QED) is 0.307. The Morgan fingerprint density at radius 1 is 1.65 bits per heavy atom. The number of nitrogens with zero attached hydrogens (tertiary/aromatic N) is 2. The third-order valence-corrected chi connectivity index (χ3v) is 2.33. The van der Waals surface area contributed by atoms with Crippen LogP contribution in [0.2, 0.25) is 0 Å². The lowest BCUT2D eigenvalue weighted by Crippen LogP contribution is -2.34. The number of rotatable bonds is 4. The van der Waals surface area contributed by atoms with Gasteiger partial charge in [0.25, 0.3) is 5.91 Å². The minimum Gasteiger partial charge on any atom is -0.409 e. The van der Waals surface area contributed by atoms with E-state index in [1.165, 1.54) is 6.20 Å². The molecule has 4 N–H and O–H groups in total. The highest BCUT2D eigenvalue weighted by molar-refractivity contribution is 5.94. The molecule has 0 aliphatic heterocycles. The van der Waals surface area contributed by atoms with Crippen LogP contribution in [0.1, 0.15) is 22.8 Å². The Bertz CT molecular complexity index is 431. The van der Waals surface area contributed by atoms with Crippen molar-refractivity contribution in [3.63, 3.8) is 0 Å². The summed E-state index contributed by atoms with van der Waals surface area (Å²) in [5, 5.41) is 14.0. The van der Waals surface area contributed by atoms with Crippen LogP contribution in [0, 0.1) is 12.8 Å². The van der Waals surface area contributed by atoms with Crippen molar-refractivity contribution >= 4 is 11.7 Å². The maximum absolute atomic E-state index is 11.7. The van der Waals surface area contributed by atoms with Crippen molar-refractivity contribution in [3.05, 3.63) is 29.6 Å². The minimum atomic E-state index is -0.223. The highest BCUT2D eigenvalue weighted by Gasteiger charge is 2.11.